The SMILES string of the molecule is CCc1ccc2c(c1)CNCC2CC(C)C. The van der Waals surface area contributed by atoms with Crippen LogP contribution in [0.3, 0.4) is 0 Å². The van der Waals surface area contributed by atoms with Crippen molar-refractivity contribution < 1.29 is 0 Å². The monoisotopic (exact) mass is 217 g/mol. The van der Waals surface area contributed by atoms with Gasteiger partial charge in [-0.1, -0.05) is 39.0 Å². The van der Waals surface area contributed by atoms with E-state index in [-0.39, 0.29) is 0 Å². The van der Waals surface area contributed by atoms with Gasteiger partial charge in [0.05, 0.1) is 0 Å². The first-order chi connectivity index (χ1) is 7.70. The fourth-order valence-electron chi connectivity index (χ4n) is 2.70. The molecule has 1 atom stereocenters. The first-order valence-corrected chi connectivity index (χ1v) is 6.53. The quantitative estimate of drug-likeness (QED) is 0.817. The second-order valence-electron chi connectivity index (χ2n) is 5.34. The molecule has 1 aromatic rings. The number of aryl methyl sites for hydroxylation is 1. The number of hydrogen-bond donors (Lipinski definition) is 1. The topological polar surface area (TPSA) is 12.0 Å². The van der Waals surface area contributed by atoms with Crippen LogP contribution in [0.4, 0.5) is 0 Å². The normalized spacial score (nSPS) is 19.9. The van der Waals surface area contributed by atoms with Crippen molar-refractivity contribution in [3.8, 4) is 0 Å². The van der Waals surface area contributed by atoms with Gasteiger partial charge in [0.2, 0.25) is 0 Å². The summed E-state index contributed by atoms with van der Waals surface area (Å²) in [6.07, 6.45) is 2.44. The zero-order chi connectivity index (χ0) is 11.5. The first-order valence-electron chi connectivity index (χ1n) is 6.53. The molecule has 1 heteroatoms. The fraction of sp³-hybridized carbons (Fsp3) is 0.600. The summed E-state index contributed by atoms with van der Waals surface area (Å²) in [4.78, 5) is 0. The molecule has 0 saturated carbocycles. The summed E-state index contributed by atoms with van der Waals surface area (Å²) in [7, 11) is 0. The summed E-state index contributed by atoms with van der Waals surface area (Å²) in [5.74, 6) is 1.50. The van der Waals surface area contributed by atoms with E-state index in [0.717, 1.165) is 31.3 Å². The smallest absolute Gasteiger partial charge is 0.0208 e. The van der Waals surface area contributed by atoms with Gasteiger partial charge in [0.15, 0.2) is 0 Å². The maximum atomic E-state index is 3.55. The van der Waals surface area contributed by atoms with Crippen LogP contribution < -0.4 is 5.32 Å². The lowest BCUT2D eigenvalue weighted by Crippen LogP contribution is -2.29. The molecule has 1 unspecified atom stereocenters. The van der Waals surface area contributed by atoms with Gasteiger partial charge >= 0.3 is 0 Å². The minimum atomic E-state index is 0.717. The Morgan fingerprint density at radius 1 is 1.38 bits per heavy atom. The molecule has 2 rings (SSSR count). The van der Waals surface area contributed by atoms with E-state index in [1.165, 1.54) is 17.5 Å². The third-order valence-corrected chi connectivity index (χ3v) is 3.52. The van der Waals surface area contributed by atoms with Gasteiger partial charge in [0, 0.05) is 13.1 Å². The molecule has 16 heavy (non-hydrogen) atoms. The maximum absolute atomic E-state index is 3.55. The highest BCUT2D eigenvalue weighted by Crippen LogP contribution is 2.29. The highest BCUT2D eigenvalue weighted by Gasteiger charge is 2.20. The molecule has 0 spiro atoms. The molecule has 1 N–H and O–H groups in total. The van der Waals surface area contributed by atoms with E-state index in [9.17, 15) is 0 Å². The van der Waals surface area contributed by atoms with Crippen LogP contribution in [0.2, 0.25) is 0 Å². The van der Waals surface area contributed by atoms with Crippen molar-refractivity contribution in [2.75, 3.05) is 6.54 Å². The lowest BCUT2D eigenvalue weighted by Gasteiger charge is -2.28. The third kappa shape index (κ3) is 2.46. The standard InChI is InChI=1S/C15H23N/c1-4-12-5-6-15-13(7-11(2)3)9-16-10-14(15)8-12/h5-6,8,11,13,16H,4,7,9-10H2,1-3H3. The predicted octanol–water partition coefficient (Wildman–Crippen LogP) is 3.48. The summed E-state index contributed by atoms with van der Waals surface area (Å²) in [6.45, 7) is 9.06. The molecule has 88 valence electrons. The van der Waals surface area contributed by atoms with Crippen LogP contribution in [0.15, 0.2) is 18.2 Å². The average Bonchev–Trinajstić information content (AvgIpc) is 2.28. The van der Waals surface area contributed by atoms with Crippen molar-refractivity contribution in [1.82, 2.24) is 5.32 Å². The van der Waals surface area contributed by atoms with Crippen LogP contribution in [0.5, 0.6) is 0 Å². The van der Waals surface area contributed by atoms with Gasteiger partial charge in [-0.05, 0) is 41.4 Å². The molecule has 0 fully saturated rings. The second kappa shape index (κ2) is 5.01. The van der Waals surface area contributed by atoms with Gasteiger partial charge in [0.1, 0.15) is 0 Å². The number of nitrogens with one attached hydrogen (secondary N) is 1. The molecular weight excluding hydrogens is 194 g/mol. The summed E-state index contributed by atoms with van der Waals surface area (Å²) in [5, 5.41) is 3.55. The maximum Gasteiger partial charge on any atom is 0.0208 e. The largest absolute Gasteiger partial charge is 0.312 e. The van der Waals surface area contributed by atoms with Gasteiger partial charge in [0.25, 0.3) is 0 Å². The summed E-state index contributed by atoms with van der Waals surface area (Å²) >= 11 is 0. The lowest BCUT2D eigenvalue weighted by molar-refractivity contribution is 0.448. The minimum absolute atomic E-state index is 0.717. The number of rotatable bonds is 3. The van der Waals surface area contributed by atoms with Crippen molar-refractivity contribution >= 4 is 0 Å². The summed E-state index contributed by atoms with van der Waals surface area (Å²) < 4.78 is 0. The molecule has 1 aliphatic heterocycles. The molecule has 1 aromatic carbocycles. The van der Waals surface area contributed by atoms with Crippen molar-refractivity contribution in [1.29, 1.82) is 0 Å². The molecule has 1 nitrogen and oxygen atoms in total. The minimum Gasteiger partial charge on any atom is -0.312 e. The lowest BCUT2D eigenvalue weighted by atomic mass is 9.84. The predicted molar refractivity (Wildman–Crippen MR) is 69.7 cm³/mol. The van der Waals surface area contributed by atoms with E-state index in [1.54, 1.807) is 5.56 Å². The zero-order valence-corrected chi connectivity index (χ0v) is 10.7. The molecule has 0 bridgehead atoms. The molecule has 0 radical (unpaired) electrons. The van der Waals surface area contributed by atoms with Crippen molar-refractivity contribution in [3.63, 3.8) is 0 Å². The molecule has 0 aromatic heterocycles. The summed E-state index contributed by atoms with van der Waals surface area (Å²) in [6, 6.07) is 7.05. The van der Waals surface area contributed by atoms with E-state index in [2.05, 4.69) is 44.3 Å². The van der Waals surface area contributed by atoms with Gasteiger partial charge in [-0.3, -0.25) is 0 Å². The van der Waals surface area contributed by atoms with Gasteiger partial charge in [-0.15, -0.1) is 0 Å². The van der Waals surface area contributed by atoms with Crippen LogP contribution in [0.1, 0.15) is 49.8 Å². The number of hydrogen-bond acceptors (Lipinski definition) is 1. The number of benzene rings is 1. The van der Waals surface area contributed by atoms with Gasteiger partial charge in [-0.2, -0.15) is 0 Å². The zero-order valence-electron chi connectivity index (χ0n) is 10.7. The van der Waals surface area contributed by atoms with Gasteiger partial charge < -0.3 is 5.32 Å². The molecular formula is C15H23N. The van der Waals surface area contributed by atoms with E-state index in [4.69, 9.17) is 0 Å². The highest BCUT2D eigenvalue weighted by molar-refractivity contribution is 5.36. The molecule has 1 aliphatic rings. The Balaban J connectivity index is 2.25. The van der Waals surface area contributed by atoms with Crippen molar-refractivity contribution in [2.45, 2.75) is 46.1 Å². The Labute approximate surface area is 99.3 Å². The Hall–Kier alpha value is -0.820. The van der Waals surface area contributed by atoms with Crippen molar-refractivity contribution in [3.05, 3.63) is 34.9 Å². The Kier molecular flexibility index (Phi) is 3.65. The Morgan fingerprint density at radius 3 is 2.88 bits per heavy atom. The molecule has 1 heterocycles. The summed E-state index contributed by atoms with van der Waals surface area (Å²) in [5.41, 5.74) is 4.58. The fourth-order valence-corrected chi connectivity index (χ4v) is 2.70. The van der Waals surface area contributed by atoms with E-state index < -0.39 is 0 Å². The van der Waals surface area contributed by atoms with E-state index >= 15 is 0 Å². The van der Waals surface area contributed by atoms with Gasteiger partial charge in [-0.25, -0.2) is 0 Å². The molecule has 0 saturated heterocycles. The van der Waals surface area contributed by atoms with Crippen molar-refractivity contribution in [2.24, 2.45) is 5.92 Å². The highest BCUT2D eigenvalue weighted by atomic mass is 14.9. The third-order valence-electron chi connectivity index (χ3n) is 3.52. The molecule has 0 aliphatic carbocycles. The van der Waals surface area contributed by atoms with Crippen LogP contribution in [0.25, 0.3) is 0 Å². The van der Waals surface area contributed by atoms with Crippen LogP contribution in [-0.2, 0) is 13.0 Å². The van der Waals surface area contributed by atoms with E-state index in [0.29, 0.717) is 0 Å². The van der Waals surface area contributed by atoms with E-state index in [1.807, 2.05) is 0 Å². The Bertz CT molecular complexity index is 354. The number of fused-ring (bicyclic) bond motifs is 1. The van der Waals surface area contributed by atoms with Crippen LogP contribution in [0, 0.1) is 5.92 Å². The Morgan fingerprint density at radius 2 is 2.19 bits per heavy atom. The first kappa shape index (κ1) is 11.7. The second-order valence-corrected chi connectivity index (χ2v) is 5.34. The molecule has 0 amide bonds. The van der Waals surface area contributed by atoms with Crippen LogP contribution >= 0.6 is 0 Å². The van der Waals surface area contributed by atoms with Crippen LogP contribution in [-0.4, -0.2) is 6.54 Å². The average molecular weight is 217 g/mol.